The average molecular weight is 158 g/mol. The molecule has 0 bridgehead atoms. The highest BCUT2D eigenvalue weighted by Crippen LogP contribution is 2.25. The van der Waals surface area contributed by atoms with Crippen molar-refractivity contribution in [3.8, 4) is 0 Å². The molecule has 0 aromatic carbocycles. The molecule has 0 radical (unpaired) electrons. The van der Waals surface area contributed by atoms with E-state index < -0.39 is 24.0 Å². The maximum Gasteiger partial charge on any atom is 0.443 e. The highest BCUT2D eigenvalue weighted by Gasteiger charge is 2.35. The van der Waals surface area contributed by atoms with Crippen LogP contribution < -0.4 is 0 Å². The summed E-state index contributed by atoms with van der Waals surface area (Å²) in [6, 6.07) is 0. The van der Waals surface area contributed by atoms with Crippen LogP contribution in [0.1, 0.15) is 0 Å². The molecule has 0 saturated carbocycles. The number of alkyl halides is 3. The minimum atomic E-state index is -5.20. The summed E-state index contributed by atoms with van der Waals surface area (Å²) in [5.41, 5.74) is 0. The Morgan fingerprint density at radius 2 is 1.80 bits per heavy atom. The Kier molecular flexibility index (Phi) is 2.39. The van der Waals surface area contributed by atoms with E-state index in [4.69, 9.17) is 5.11 Å². The fourth-order valence-corrected chi connectivity index (χ4v) is 0.190. The van der Waals surface area contributed by atoms with Crippen LogP contribution in [0.2, 0.25) is 0 Å². The number of halogens is 4. The van der Waals surface area contributed by atoms with Crippen LogP contribution in [0, 0.1) is 0 Å². The summed E-state index contributed by atoms with van der Waals surface area (Å²) < 4.78 is 44.8. The van der Waals surface area contributed by atoms with Gasteiger partial charge < -0.3 is 5.11 Å². The second-order valence-electron chi connectivity index (χ2n) is 1.33. The Labute approximate surface area is 52.8 Å². The SMILES string of the molecule is O=C(O)/C=C(\F)C(F)(F)F. The molecule has 0 aliphatic carbocycles. The molecule has 0 amide bonds. The Hall–Kier alpha value is -1.07. The molecule has 0 atom stereocenters. The highest BCUT2D eigenvalue weighted by molar-refractivity contribution is 5.80. The lowest BCUT2D eigenvalue weighted by atomic mass is 10.4. The van der Waals surface area contributed by atoms with Crippen molar-refractivity contribution in [2.45, 2.75) is 6.18 Å². The maximum absolute atomic E-state index is 11.5. The summed E-state index contributed by atoms with van der Waals surface area (Å²) in [5.74, 6) is -4.57. The van der Waals surface area contributed by atoms with E-state index in [1.54, 1.807) is 0 Å². The van der Waals surface area contributed by atoms with Gasteiger partial charge in [-0.2, -0.15) is 13.2 Å². The van der Waals surface area contributed by atoms with Gasteiger partial charge in [0.05, 0.1) is 6.08 Å². The molecule has 0 saturated heterocycles. The molecule has 0 spiro atoms. The zero-order valence-corrected chi connectivity index (χ0v) is 4.44. The van der Waals surface area contributed by atoms with Crippen molar-refractivity contribution >= 4 is 5.97 Å². The van der Waals surface area contributed by atoms with E-state index in [1.807, 2.05) is 0 Å². The molecular weight excluding hydrogens is 156 g/mol. The van der Waals surface area contributed by atoms with Gasteiger partial charge in [0.15, 0.2) is 0 Å². The predicted octanol–water partition coefficient (Wildman–Crippen LogP) is 1.49. The average Bonchev–Trinajstić information content (AvgIpc) is 1.60. The van der Waals surface area contributed by atoms with E-state index in [-0.39, 0.29) is 0 Å². The van der Waals surface area contributed by atoms with Crippen LogP contribution in [0.3, 0.4) is 0 Å². The van der Waals surface area contributed by atoms with Crippen molar-refractivity contribution in [3.63, 3.8) is 0 Å². The van der Waals surface area contributed by atoms with Crippen molar-refractivity contribution in [3.05, 3.63) is 11.9 Å². The Bertz CT molecular complexity index is 169. The van der Waals surface area contributed by atoms with Gasteiger partial charge in [0.25, 0.3) is 0 Å². The number of rotatable bonds is 1. The first-order valence-corrected chi connectivity index (χ1v) is 2.01. The van der Waals surface area contributed by atoms with Crippen LogP contribution in [0.15, 0.2) is 11.9 Å². The quantitative estimate of drug-likeness (QED) is 0.463. The van der Waals surface area contributed by atoms with Crippen LogP contribution in [0.5, 0.6) is 0 Å². The van der Waals surface area contributed by atoms with Gasteiger partial charge in [0, 0.05) is 0 Å². The Balaban J connectivity index is 4.35. The number of allylic oxidation sites excluding steroid dienone is 1. The highest BCUT2D eigenvalue weighted by atomic mass is 19.4. The minimum Gasteiger partial charge on any atom is -0.478 e. The zero-order chi connectivity index (χ0) is 8.36. The van der Waals surface area contributed by atoms with Crippen molar-refractivity contribution in [1.82, 2.24) is 0 Å². The molecule has 2 nitrogen and oxygen atoms in total. The number of carboxylic acids is 1. The molecule has 6 heteroatoms. The molecule has 0 aromatic heterocycles. The second-order valence-corrected chi connectivity index (χ2v) is 1.33. The van der Waals surface area contributed by atoms with Gasteiger partial charge in [0.1, 0.15) is 0 Å². The number of aliphatic carboxylic acids is 1. The van der Waals surface area contributed by atoms with Crippen molar-refractivity contribution in [2.24, 2.45) is 0 Å². The molecule has 1 N–H and O–H groups in total. The first-order valence-electron chi connectivity index (χ1n) is 2.01. The summed E-state index contributed by atoms with van der Waals surface area (Å²) in [6.07, 6.45) is -5.74. The van der Waals surface area contributed by atoms with E-state index in [2.05, 4.69) is 0 Å². The summed E-state index contributed by atoms with van der Waals surface area (Å²) in [7, 11) is 0. The van der Waals surface area contributed by atoms with E-state index in [0.717, 1.165) is 0 Å². The largest absolute Gasteiger partial charge is 0.478 e. The van der Waals surface area contributed by atoms with Crippen LogP contribution in [0.25, 0.3) is 0 Å². The van der Waals surface area contributed by atoms with Crippen LogP contribution >= 0.6 is 0 Å². The maximum atomic E-state index is 11.5. The lowest BCUT2D eigenvalue weighted by Crippen LogP contribution is -2.09. The first kappa shape index (κ1) is 8.93. The summed E-state index contributed by atoms with van der Waals surface area (Å²) >= 11 is 0. The third-order valence-electron chi connectivity index (χ3n) is 0.521. The molecule has 0 aromatic rings. The fraction of sp³-hybridized carbons (Fsp3) is 0.250. The van der Waals surface area contributed by atoms with Crippen molar-refractivity contribution in [1.29, 1.82) is 0 Å². The lowest BCUT2D eigenvalue weighted by molar-refractivity contribution is -0.133. The van der Waals surface area contributed by atoms with Crippen LogP contribution in [0.4, 0.5) is 17.6 Å². The molecule has 10 heavy (non-hydrogen) atoms. The van der Waals surface area contributed by atoms with Crippen molar-refractivity contribution < 1.29 is 27.5 Å². The van der Waals surface area contributed by atoms with Gasteiger partial charge >= 0.3 is 12.1 Å². The molecule has 58 valence electrons. The Morgan fingerprint density at radius 1 is 1.40 bits per heavy atom. The third-order valence-corrected chi connectivity index (χ3v) is 0.521. The predicted molar refractivity (Wildman–Crippen MR) is 22.9 cm³/mol. The first-order chi connectivity index (χ1) is 4.34. The third kappa shape index (κ3) is 3.06. The zero-order valence-electron chi connectivity index (χ0n) is 4.44. The smallest absolute Gasteiger partial charge is 0.443 e. The molecule has 0 aliphatic rings. The van der Waals surface area contributed by atoms with Gasteiger partial charge in [0.2, 0.25) is 5.83 Å². The van der Waals surface area contributed by atoms with Crippen molar-refractivity contribution in [2.75, 3.05) is 0 Å². The topological polar surface area (TPSA) is 37.3 Å². The number of hydrogen-bond acceptors (Lipinski definition) is 1. The van der Waals surface area contributed by atoms with Gasteiger partial charge in [-0.25, -0.2) is 9.18 Å². The van der Waals surface area contributed by atoms with E-state index in [1.165, 1.54) is 0 Å². The van der Waals surface area contributed by atoms with Crippen LogP contribution in [-0.4, -0.2) is 17.3 Å². The van der Waals surface area contributed by atoms with Gasteiger partial charge in [-0.3, -0.25) is 0 Å². The summed E-state index contributed by atoms with van der Waals surface area (Å²) in [5, 5.41) is 7.63. The van der Waals surface area contributed by atoms with E-state index in [0.29, 0.717) is 0 Å². The van der Waals surface area contributed by atoms with E-state index in [9.17, 15) is 22.4 Å². The Morgan fingerprint density at radius 3 is 1.90 bits per heavy atom. The minimum absolute atomic E-state index is 0.542. The number of hydrogen-bond donors (Lipinski definition) is 1. The van der Waals surface area contributed by atoms with Crippen LogP contribution in [-0.2, 0) is 4.79 Å². The number of carbonyl (C=O) groups is 1. The van der Waals surface area contributed by atoms with E-state index >= 15 is 0 Å². The fourth-order valence-electron chi connectivity index (χ4n) is 0.190. The standard InChI is InChI=1S/C4H2F4O2/c5-2(1-3(9)10)4(6,7)8/h1H,(H,9,10)/b2-1-. The molecule has 0 heterocycles. The monoisotopic (exact) mass is 158 g/mol. The van der Waals surface area contributed by atoms with Gasteiger partial charge in [-0.05, 0) is 0 Å². The second kappa shape index (κ2) is 2.68. The normalized spacial score (nSPS) is 13.4. The summed E-state index contributed by atoms with van der Waals surface area (Å²) in [4.78, 5) is 9.44. The molecule has 0 rings (SSSR count). The summed E-state index contributed by atoms with van der Waals surface area (Å²) in [6.45, 7) is 0. The number of carboxylic acid groups (broad SMARTS) is 1. The van der Waals surface area contributed by atoms with Gasteiger partial charge in [-0.15, -0.1) is 0 Å². The molecule has 0 unspecified atom stereocenters. The lowest BCUT2D eigenvalue weighted by Gasteiger charge is -1.99. The molecule has 0 fully saturated rings. The van der Waals surface area contributed by atoms with Gasteiger partial charge in [-0.1, -0.05) is 0 Å². The molecular formula is C4H2F4O2. The molecule has 0 aliphatic heterocycles.